The van der Waals surface area contributed by atoms with Crippen LogP contribution in [-0.2, 0) is 7.05 Å². The Morgan fingerprint density at radius 1 is 1.21 bits per heavy atom. The average molecular weight is 520 g/mol. The molecule has 11 nitrogen and oxygen atoms in total. The zero-order valence-electron chi connectivity index (χ0n) is 20.8. The Balaban J connectivity index is 1.32. The van der Waals surface area contributed by atoms with Crippen LogP contribution in [0.4, 0.5) is 9.18 Å². The first kappa shape index (κ1) is 25.1. The minimum atomic E-state index is -1.44. The standard InChI is InChI=1S/C26H26FN7O4/c1-16(24-22(35)6-9-34(31-24)19-11-30-32(2)14-19)17-4-3-5-18(10-17)25-28-12-20(13-29-25)38-23-7-8-33(26(36)37)15-21(23)27/h3-6,9-14,16,21,23H,7-8,15H2,1-2H3,(H,36,37)/t16?,21-,23+/m0/s1. The lowest BCUT2D eigenvalue weighted by Gasteiger charge is -2.32. The number of carbonyl (C=O) groups is 1. The highest BCUT2D eigenvalue weighted by molar-refractivity contribution is 5.65. The predicted octanol–water partition coefficient (Wildman–Crippen LogP) is 3.04. The van der Waals surface area contributed by atoms with Gasteiger partial charge in [0.2, 0.25) is 5.43 Å². The number of benzene rings is 1. The molecular weight excluding hydrogens is 493 g/mol. The average Bonchev–Trinajstić information content (AvgIpc) is 3.36. The van der Waals surface area contributed by atoms with Gasteiger partial charge in [-0.25, -0.2) is 23.8 Å². The van der Waals surface area contributed by atoms with Crippen molar-refractivity contribution in [3.8, 4) is 22.8 Å². The van der Waals surface area contributed by atoms with Crippen LogP contribution < -0.4 is 10.2 Å². The molecule has 5 rings (SSSR count). The van der Waals surface area contributed by atoms with Crippen molar-refractivity contribution in [3.05, 3.63) is 82.8 Å². The largest absolute Gasteiger partial charge is 0.484 e. The summed E-state index contributed by atoms with van der Waals surface area (Å²) >= 11 is 0. The van der Waals surface area contributed by atoms with Gasteiger partial charge in [0.05, 0.1) is 31.3 Å². The molecule has 0 saturated carbocycles. The van der Waals surface area contributed by atoms with Crippen LogP contribution in [0.25, 0.3) is 17.1 Å². The van der Waals surface area contributed by atoms with Gasteiger partial charge in [0.15, 0.2) is 17.7 Å². The van der Waals surface area contributed by atoms with Crippen LogP contribution in [0.15, 0.2) is 66.1 Å². The molecule has 0 spiro atoms. The van der Waals surface area contributed by atoms with Crippen LogP contribution in [0.2, 0.25) is 0 Å². The van der Waals surface area contributed by atoms with Gasteiger partial charge in [0.1, 0.15) is 17.5 Å². The number of rotatable bonds is 6. The molecule has 4 aromatic rings. The van der Waals surface area contributed by atoms with Crippen LogP contribution in [0.3, 0.4) is 0 Å². The van der Waals surface area contributed by atoms with Crippen LogP contribution >= 0.6 is 0 Å². The maximum absolute atomic E-state index is 14.4. The van der Waals surface area contributed by atoms with Crippen LogP contribution in [0, 0.1) is 0 Å². The molecule has 1 N–H and O–H groups in total. The lowest BCUT2D eigenvalue weighted by molar-refractivity contribution is 0.0245. The van der Waals surface area contributed by atoms with E-state index in [2.05, 4.69) is 20.2 Å². The lowest BCUT2D eigenvalue weighted by Crippen LogP contribution is -2.48. The van der Waals surface area contributed by atoms with Gasteiger partial charge < -0.3 is 14.7 Å². The van der Waals surface area contributed by atoms with Crippen molar-refractivity contribution in [3.63, 3.8) is 0 Å². The summed E-state index contributed by atoms with van der Waals surface area (Å²) in [6, 6.07) is 9.03. The molecule has 1 fully saturated rings. The Morgan fingerprint density at radius 2 is 2.00 bits per heavy atom. The van der Waals surface area contributed by atoms with E-state index in [0.717, 1.165) is 21.7 Å². The van der Waals surface area contributed by atoms with E-state index in [1.54, 1.807) is 21.8 Å². The molecule has 196 valence electrons. The van der Waals surface area contributed by atoms with E-state index in [1.807, 2.05) is 44.4 Å². The Bertz CT molecular complexity index is 1500. The minimum Gasteiger partial charge on any atom is -0.484 e. The van der Waals surface area contributed by atoms with E-state index >= 15 is 0 Å². The maximum atomic E-state index is 14.4. The van der Waals surface area contributed by atoms with Gasteiger partial charge in [-0.3, -0.25) is 9.48 Å². The van der Waals surface area contributed by atoms with E-state index in [-0.39, 0.29) is 30.9 Å². The van der Waals surface area contributed by atoms with Gasteiger partial charge >= 0.3 is 6.09 Å². The van der Waals surface area contributed by atoms with Crippen molar-refractivity contribution in [2.75, 3.05) is 13.1 Å². The third kappa shape index (κ3) is 5.24. The smallest absolute Gasteiger partial charge is 0.407 e. The molecule has 12 heteroatoms. The second-order valence-corrected chi connectivity index (χ2v) is 9.16. The third-order valence-electron chi connectivity index (χ3n) is 6.51. The zero-order valence-corrected chi connectivity index (χ0v) is 20.8. The number of likely N-dealkylation sites (tertiary alicyclic amines) is 1. The minimum absolute atomic E-state index is 0.166. The first-order chi connectivity index (χ1) is 18.3. The maximum Gasteiger partial charge on any atom is 0.407 e. The van der Waals surface area contributed by atoms with Crippen molar-refractivity contribution in [1.82, 2.24) is 34.4 Å². The van der Waals surface area contributed by atoms with Crippen molar-refractivity contribution in [2.45, 2.75) is 31.5 Å². The third-order valence-corrected chi connectivity index (χ3v) is 6.51. The summed E-state index contributed by atoms with van der Waals surface area (Å²) in [5.74, 6) is 0.448. The summed E-state index contributed by atoms with van der Waals surface area (Å²) in [5.41, 5.74) is 2.58. The molecule has 1 amide bonds. The molecule has 1 aliphatic rings. The zero-order chi connectivity index (χ0) is 26.8. The van der Waals surface area contributed by atoms with Gasteiger partial charge in [-0.1, -0.05) is 25.1 Å². The van der Waals surface area contributed by atoms with E-state index in [1.165, 1.54) is 18.5 Å². The van der Waals surface area contributed by atoms with Crippen LogP contribution in [0.5, 0.6) is 5.75 Å². The number of carboxylic acid groups (broad SMARTS) is 1. The molecule has 0 radical (unpaired) electrons. The molecule has 1 aliphatic heterocycles. The van der Waals surface area contributed by atoms with Crippen molar-refractivity contribution in [2.24, 2.45) is 7.05 Å². The van der Waals surface area contributed by atoms with Crippen molar-refractivity contribution in [1.29, 1.82) is 0 Å². The molecule has 1 aromatic carbocycles. The van der Waals surface area contributed by atoms with E-state index in [9.17, 15) is 14.0 Å². The fourth-order valence-corrected chi connectivity index (χ4v) is 4.39. The molecule has 0 bridgehead atoms. The number of hydrogen-bond acceptors (Lipinski definition) is 7. The molecule has 1 saturated heterocycles. The number of aromatic nitrogens is 6. The van der Waals surface area contributed by atoms with E-state index in [4.69, 9.17) is 9.84 Å². The lowest BCUT2D eigenvalue weighted by atomic mass is 9.95. The molecule has 4 heterocycles. The summed E-state index contributed by atoms with van der Waals surface area (Å²) in [4.78, 5) is 33.5. The number of aryl methyl sites for hydroxylation is 1. The number of amides is 1. The number of piperidine rings is 1. The number of hydrogen-bond donors (Lipinski definition) is 1. The Hall–Kier alpha value is -4.61. The molecule has 38 heavy (non-hydrogen) atoms. The molecular formula is C26H26FN7O4. The molecule has 1 unspecified atom stereocenters. The number of nitrogens with zero attached hydrogens (tertiary/aromatic N) is 7. The number of ether oxygens (including phenoxy) is 1. The number of alkyl halides is 1. The summed E-state index contributed by atoms with van der Waals surface area (Å²) in [6.45, 7) is 1.89. The fourth-order valence-electron chi connectivity index (χ4n) is 4.39. The molecule has 3 atom stereocenters. The summed E-state index contributed by atoms with van der Waals surface area (Å²) < 4.78 is 23.4. The monoisotopic (exact) mass is 519 g/mol. The normalized spacial score (nSPS) is 18.2. The Kier molecular flexibility index (Phi) is 6.86. The molecule has 3 aromatic heterocycles. The highest BCUT2D eigenvalue weighted by Gasteiger charge is 2.33. The second-order valence-electron chi connectivity index (χ2n) is 9.16. The van der Waals surface area contributed by atoms with Gasteiger partial charge in [0, 0.05) is 43.8 Å². The Morgan fingerprint density at radius 3 is 2.68 bits per heavy atom. The van der Waals surface area contributed by atoms with Crippen LogP contribution in [-0.4, -0.2) is 71.0 Å². The first-order valence-corrected chi connectivity index (χ1v) is 12.1. The second kappa shape index (κ2) is 10.4. The predicted molar refractivity (Wildman–Crippen MR) is 135 cm³/mol. The SMILES string of the molecule is CC(c1cccc(-c2ncc(O[C@@H]3CCN(C(=O)O)C[C@@H]3F)cn2)c1)c1nn(-c2cnn(C)c2)ccc1=O. The Labute approximate surface area is 217 Å². The summed E-state index contributed by atoms with van der Waals surface area (Å²) in [5, 5.41) is 17.8. The summed E-state index contributed by atoms with van der Waals surface area (Å²) in [7, 11) is 1.81. The fraction of sp³-hybridized carbons (Fsp3) is 0.308. The van der Waals surface area contributed by atoms with E-state index < -0.39 is 18.4 Å². The highest BCUT2D eigenvalue weighted by Crippen LogP contribution is 2.26. The topological polar surface area (TPSA) is 128 Å². The molecule has 0 aliphatic carbocycles. The van der Waals surface area contributed by atoms with Gasteiger partial charge in [-0.2, -0.15) is 10.2 Å². The van der Waals surface area contributed by atoms with Crippen molar-refractivity contribution < 1.29 is 19.0 Å². The summed E-state index contributed by atoms with van der Waals surface area (Å²) in [6.07, 6.45) is 4.94. The van der Waals surface area contributed by atoms with Crippen molar-refractivity contribution >= 4 is 6.09 Å². The van der Waals surface area contributed by atoms with Gasteiger partial charge in [0.25, 0.3) is 0 Å². The van der Waals surface area contributed by atoms with Gasteiger partial charge in [-0.15, -0.1) is 0 Å². The highest BCUT2D eigenvalue weighted by atomic mass is 19.1. The number of halogens is 1. The quantitative estimate of drug-likeness (QED) is 0.412. The first-order valence-electron chi connectivity index (χ1n) is 12.1. The van der Waals surface area contributed by atoms with E-state index in [0.29, 0.717) is 17.3 Å². The van der Waals surface area contributed by atoms with Gasteiger partial charge in [-0.05, 0) is 11.6 Å². The van der Waals surface area contributed by atoms with Crippen LogP contribution in [0.1, 0.15) is 30.5 Å².